The zero-order valence-electron chi connectivity index (χ0n) is 24.4. The van der Waals surface area contributed by atoms with Gasteiger partial charge in [0.25, 0.3) is 0 Å². The fourth-order valence-corrected chi connectivity index (χ4v) is 8.06. The second-order valence-electron chi connectivity index (χ2n) is 12.1. The summed E-state index contributed by atoms with van der Waals surface area (Å²) in [5.74, 6) is 0. The van der Waals surface area contributed by atoms with Crippen molar-refractivity contribution in [3.8, 4) is 44.8 Å². The summed E-state index contributed by atoms with van der Waals surface area (Å²) >= 11 is 0. The Balaban J connectivity index is 1.38. The molecule has 0 saturated heterocycles. The van der Waals surface area contributed by atoms with Gasteiger partial charge in [-0.1, -0.05) is 127 Å². The maximum atomic E-state index is 5.48. The van der Waals surface area contributed by atoms with Crippen LogP contribution in [0.25, 0.3) is 66.4 Å². The summed E-state index contributed by atoms with van der Waals surface area (Å²) in [5.41, 5.74) is 14.8. The van der Waals surface area contributed by atoms with E-state index in [1.807, 2.05) is 6.20 Å². The second kappa shape index (κ2) is 9.07. The normalized spacial score (nSPS) is 13.5. The van der Waals surface area contributed by atoms with Crippen LogP contribution < -0.4 is 0 Å². The van der Waals surface area contributed by atoms with Gasteiger partial charge in [-0.05, 0) is 79.5 Å². The van der Waals surface area contributed by atoms with Gasteiger partial charge in [-0.15, -0.1) is 0 Å². The van der Waals surface area contributed by atoms with Gasteiger partial charge in [0.2, 0.25) is 0 Å². The van der Waals surface area contributed by atoms with Crippen molar-refractivity contribution in [2.75, 3.05) is 0 Å². The minimum absolute atomic E-state index is 0.503. The van der Waals surface area contributed by atoms with Crippen molar-refractivity contribution in [3.63, 3.8) is 0 Å². The number of rotatable bonds is 2. The van der Waals surface area contributed by atoms with Crippen LogP contribution in [0.1, 0.15) is 22.3 Å². The average Bonchev–Trinajstić information content (AvgIpc) is 3.58. The highest BCUT2D eigenvalue weighted by Gasteiger charge is 2.53. The molecule has 0 bridgehead atoms. The Bertz CT molecular complexity index is 2450. The molecule has 10 rings (SSSR count). The zero-order valence-corrected chi connectivity index (χ0v) is 24.4. The van der Waals surface area contributed by atoms with E-state index in [0.717, 1.165) is 33.4 Å². The number of aromatic nitrogens is 2. The van der Waals surface area contributed by atoms with E-state index in [4.69, 9.17) is 9.97 Å². The second-order valence-corrected chi connectivity index (χ2v) is 12.1. The van der Waals surface area contributed by atoms with Crippen LogP contribution in [-0.4, -0.2) is 9.97 Å². The average molecular weight is 571 g/mol. The van der Waals surface area contributed by atoms with E-state index in [0.29, 0.717) is 0 Å². The minimum atomic E-state index is -0.503. The monoisotopic (exact) mass is 570 g/mol. The van der Waals surface area contributed by atoms with Crippen LogP contribution in [0.15, 0.2) is 158 Å². The smallest absolute Gasteiger partial charge is 0.0805 e. The van der Waals surface area contributed by atoms with Crippen molar-refractivity contribution in [1.82, 2.24) is 9.97 Å². The van der Waals surface area contributed by atoms with Gasteiger partial charge in [0.15, 0.2) is 0 Å². The predicted octanol–water partition coefficient (Wildman–Crippen LogP) is 10.5. The molecule has 8 aromatic rings. The summed E-state index contributed by atoms with van der Waals surface area (Å²) in [6.07, 6.45) is 1.93. The number of benzene rings is 6. The zero-order chi connectivity index (χ0) is 29.5. The molecule has 0 atom stereocenters. The highest BCUT2D eigenvalue weighted by Crippen LogP contribution is 2.64. The van der Waals surface area contributed by atoms with Gasteiger partial charge in [-0.2, -0.15) is 0 Å². The number of fused-ring (bicyclic) bond motifs is 13. The highest BCUT2D eigenvalue weighted by atomic mass is 14.8. The summed E-state index contributed by atoms with van der Waals surface area (Å²) < 4.78 is 0. The predicted molar refractivity (Wildman–Crippen MR) is 184 cm³/mol. The molecule has 45 heavy (non-hydrogen) atoms. The van der Waals surface area contributed by atoms with E-state index in [9.17, 15) is 0 Å². The van der Waals surface area contributed by atoms with Crippen LogP contribution in [0.5, 0.6) is 0 Å². The molecule has 6 aromatic carbocycles. The molecule has 2 aliphatic carbocycles. The topological polar surface area (TPSA) is 25.8 Å². The quantitative estimate of drug-likeness (QED) is 0.207. The van der Waals surface area contributed by atoms with Gasteiger partial charge in [-0.3, -0.25) is 4.98 Å². The Morgan fingerprint density at radius 2 is 1.16 bits per heavy atom. The van der Waals surface area contributed by atoms with Gasteiger partial charge in [0.05, 0.1) is 22.3 Å². The van der Waals surface area contributed by atoms with Crippen molar-refractivity contribution in [2.24, 2.45) is 0 Å². The summed E-state index contributed by atoms with van der Waals surface area (Å²) in [7, 11) is 0. The first-order chi connectivity index (χ1) is 22.3. The van der Waals surface area contributed by atoms with E-state index in [1.165, 1.54) is 55.3 Å². The first-order valence-electron chi connectivity index (χ1n) is 15.5. The molecule has 2 aliphatic rings. The Hall–Kier alpha value is -5.86. The number of hydrogen-bond donors (Lipinski definition) is 0. The lowest BCUT2D eigenvalue weighted by Crippen LogP contribution is -2.26. The summed E-state index contributed by atoms with van der Waals surface area (Å²) in [6, 6.07) is 55.0. The van der Waals surface area contributed by atoms with E-state index in [1.54, 1.807) is 0 Å². The molecule has 0 radical (unpaired) electrons. The third-order valence-electron chi connectivity index (χ3n) is 9.92. The standard InChI is InChI=1S/C43H26N2/c1-2-12-28(13-3-1)39-23-22-37-42(45-39)40-38(43(37)35-18-8-6-15-31(35)32-16-7-9-19-36(32)43)26-34(33-17-10-24-44-41(33)40)30-21-20-27-11-4-5-14-29(27)25-30/h1-26H. The highest BCUT2D eigenvalue weighted by molar-refractivity contribution is 6.09. The lowest BCUT2D eigenvalue weighted by atomic mass is 9.70. The molecular weight excluding hydrogens is 544 g/mol. The van der Waals surface area contributed by atoms with Gasteiger partial charge in [0, 0.05) is 22.7 Å². The molecular formula is C43H26N2. The first-order valence-corrected chi connectivity index (χ1v) is 15.5. The minimum Gasteiger partial charge on any atom is -0.256 e. The van der Waals surface area contributed by atoms with Crippen molar-refractivity contribution in [3.05, 3.63) is 180 Å². The molecule has 2 heteroatoms. The summed E-state index contributed by atoms with van der Waals surface area (Å²) in [4.78, 5) is 10.6. The van der Waals surface area contributed by atoms with Gasteiger partial charge < -0.3 is 0 Å². The molecule has 0 N–H and O–H groups in total. The van der Waals surface area contributed by atoms with Crippen LogP contribution in [0, 0.1) is 0 Å². The van der Waals surface area contributed by atoms with Gasteiger partial charge in [0.1, 0.15) is 0 Å². The largest absolute Gasteiger partial charge is 0.256 e. The Labute approximate surface area is 261 Å². The molecule has 0 aliphatic heterocycles. The lowest BCUT2D eigenvalue weighted by molar-refractivity contribution is 0.792. The molecule has 1 spiro atoms. The molecule has 2 nitrogen and oxygen atoms in total. The molecule has 0 unspecified atom stereocenters. The third kappa shape index (κ3) is 3.23. The van der Waals surface area contributed by atoms with Crippen LogP contribution in [-0.2, 0) is 5.41 Å². The van der Waals surface area contributed by atoms with Gasteiger partial charge in [-0.25, -0.2) is 4.98 Å². The van der Waals surface area contributed by atoms with Crippen LogP contribution in [0.3, 0.4) is 0 Å². The van der Waals surface area contributed by atoms with E-state index < -0.39 is 5.41 Å². The van der Waals surface area contributed by atoms with E-state index in [-0.39, 0.29) is 0 Å². The Morgan fingerprint density at radius 1 is 0.444 bits per heavy atom. The fraction of sp³-hybridized carbons (Fsp3) is 0.0233. The Kier molecular flexibility index (Phi) is 4.95. The molecule has 208 valence electrons. The summed E-state index contributed by atoms with van der Waals surface area (Å²) in [5, 5.41) is 3.61. The van der Waals surface area contributed by atoms with Crippen molar-refractivity contribution >= 4 is 21.7 Å². The molecule has 2 aromatic heterocycles. The van der Waals surface area contributed by atoms with Gasteiger partial charge >= 0.3 is 0 Å². The Morgan fingerprint density at radius 3 is 1.96 bits per heavy atom. The van der Waals surface area contributed by atoms with Crippen molar-refractivity contribution in [2.45, 2.75) is 5.41 Å². The number of hydrogen-bond acceptors (Lipinski definition) is 2. The molecule has 0 amide bonds. The van der Waals surface area contributed by atoms with Crippen molar-refractivity contribution < 1.29 is 0 Å². The van der Waals surface area contributed by atoms with E-state index in [2.05, 4.69) is 152 Å². The number of nitrogens with zero attached hydrogens (tertiary/aromatic N) is 2. The molecule has 2 heterocycles. The van der Waals surface area contributed by atoms with Crippen LogP contribution in [0.2, 0.25) is 0 Å². The van der Waals surface area contributed by atoms with Crippen LogP contribution in [0.4, 0.5) is 0 Å². The van der Waals surface area contributed by atoms with Crippen molar-refractivity contribution in [1.29, 1.82) is 0 Å². The summed E-state index contributed by atoms with van der Waals surface area (Å²) in [6.45, 7) is 0. The first kappa shape index (κ1) is 24.6. The SMILES string of the molecule is c1ccc(-c2ccc3c(n2)-c2c(cc(-c4ccc5ccccc5c4)c4cccnc24)C32c3ccccc3-c3ccccc32)cc1. The lowest BCUT2D eigenvalue weighted by Gasteiger charge is -2.30. The molecule has 0 fully saturated rings. The van der Waals surface area contributed by atoms with Crippen LogP contribution >= 0.6 is 0 Å². The maximum absolute atomic E-state index is 5.48. The van der Waals surface area contributed by atoms with E-state index >= 15 is 0 Å². The molecule has 0 saturated carbocycles. The third-order valence-corrected chi connectivity index (χ3v) is 9.92. The maximum Gasteiger partial charge on any atom is 0.0805 e. The number of pyridine rings is 2. The fourth-order valence-electron chi connectivity index (χ4n) is 8.06.